The first-order valence-electron chi connectivity index (χ1n) is 9.36. The molecule has 0 bridgehead atoms. The van der Waals surface area contributed by atoms with Gasteiger partial charge in [-0.05, 0) is 50.3 Å². The first kappa shape index (κ1) is 19.7. The highest BCUT2D eigenvalue weighted by Crippen LogP contribution is 2.33. The lowest BCUT2D eigenvalue weighted by Crippen LogP contribution is -2.47. The minimum Gasteiger partial charge on any atom is -0.481 e. The number of carbonyl (C=O) groups excluding carboxylic acids is 2. The molecule has 3 rings (SSSR count). The van der Waals surface area contributed by atoms with E-state index in [-0.39, 0.29) is 17.7 Å². The smallest absolute Gasteiger partial charge is 0.306 e. The topological polar surface area (TPSA) is 86.7 Å². The van der Waals surface area contributed by atoms with Crippen molar-refractivity contribution in [1.82, 2.24) is 4.90 Å². The third-order valence-electron chi connectivity index (χ3n) is 5.70. The van der Waals surface area contributed by atoms with Crippen LogP contribution in [-0.4, -0.2) is 45.5 Å². The van der Waals surface area contributed by atoms with Gasteiger partial charge in [-0.2, -0.15) is 0 Å². The Hall–Kier alpha value is -2.02. The Labute approximate surface area is 163 Å². The summed E-state index contributed by atoms with van der Waals surface area (Å²) in [5, 5.41) is 12.2. The maximum Gasteiger partial charge on any atom is 0.306 e. The summed E-state index contributed by atoms with van der Waals surface area (Å²) < 4.78 is 0. The van der Waals surface area contributed by atoms with Crippen LogP contribution in [0.4, 0.5) is 5.69 Å². The average molecular weight is 391 g/mol. The molecule has 6 nitrogen and oxygen atoms in total. The summed E-state index contributed by atoms with van der Waals surface area (Å²) in [5.41, 5.74) is 2.89. The van der Waals surface area contributed by atoms with Crippen LogP contribution in [0, 0.1) is 25.7 Å². The number of carboxylic acid groups (broad SMARTS) is 1. The average Bonchev–Trinajstić information content (AvgIpc) is 3.15. The van der Waals surface area contributed by atoms with E-state index in [9.17, 15) is 19.5 Å². The van der Waals surface area contributed by atoms with Gasteiger partial charge in [0.05, 0.1) is 11.8 Å². The van der Waals surface area contributed by atoms with Crippen LogP contribution < -0.4 is 5.32 Å². The number of hydrogen-bond acceptors (Lipinski definition) is 4. The van der Waals surface area contributed by atoms with E-state index in [1.54, 1.807) is 16.7 Å². The normalized spacial score (nSPS) is 25.3. The second-order valence-corrected chi connectivity index (χ2v) is 8.46. The Balaban J connectivity index is 1.69. The van der Waals surface area contributed by atoms with Crippen LogP contribution in [0.1, 0.15) is 36.8 Å². The molecule has 1 heterocycles. The number of carbonyl (C=O) groups is 3. The molecule has 0 radical (unpaired) electrons. The highest BCUT2D eigenvalue weighted by atomic mass is 32.2. The summed E-state index contributed by atoms with van der Waals surface area (Å²) in [6.07, 6.45) is 2.45. The number of anilines is 1. The summed E-state index contributed by atoms with van der Waals surface area (Å²) >= 11 is 1.56. The zero-order chi connectivity index (χ0) is 19.6. The van der Waals surface area contributed by atoms with Gasteiger partial charge in [0, 0.05) is 17.4 Å². The van der Waals surface area contributed by atoms with Gasteiger partial charge in [0.15, 0.2) is 0 Å². The predicted molar refractivity (Wildman–Crippen MR) is 106 cm³/mol. The van der Waals surface area contributed by atoms with Crippen molar-refractivity contribution in [2.45, 2.75) is 45.6 Å². The quantitative estimate of drug-likeness (QED) is 0.825. The standard InChI is InChI=1S/C20H26N2O4S/c1-12-5-3-8-16(13(12)2)21-18(23)17-10-27-11-22(17)19(24)14-6-4-7-15(9-14)20(25)26/h3,5,8,14-15,17H,4,6-7,9-11H2,1-2H3,(H,21,23)(H,25,26). The molecule has 2 N–H and O–H groups in total. The zero-order valence-electron chi connectivity index (χ0n) is 15.7. The molecule has 1 aromatic rings. The molecule has 0 aromatic heterocycles. The fraction of sp³-hybridized carbons (Fsp3) is 0.550. The lowest BCUT2D eigenvalue weighted by atomic mass is 9.80. The van der Waals surface area contributed by atoms with Crippen LogP contribution in [0.5, 0.6) is 0 Å². The number of carboxylic acids is 1. The molecule has 2 amide bonds. The minimum atomic E-state index is -0.826. The Bertz CT molecular complexity index is 751. The SMILES string of the molecule is Cc1cccc(NC(=O)C2CSCN2C(=O)C2CCCC(C(=O)O)C2)c1C. The molecule has 1 aliphatic carbocycles. The van der Waals surface area contributed by atoms with Gasteiger partial charge in [0.25, 0.3) is 0 Å². The second kappa shape index (κ2) is 8.33. The van der Waals surface area contributed by atoms with Crippen molar-refractivity contribution in [2.24, 2.45) is 11.8 Å². The fourth-order valence-electron chi connectivity index (χ4n) is 3.85. The van der Waals surface area contributed by atoms with Crippen LogP contribution in [0.2, 0.25) is 0 Å². The number of nitrogens with zero attached hydrogens (tertiary/aromatic N) is 1. The van der Waals surface area contributed by atoms with E-state index >= 15 is 0 Å². The summed E-state index contributed by atoms with van der Waals surface area (Å²) in [7, 11) is 0. The van der Waals surface area contributed by atoms with E-state index < -0.39 is 17.9 Å². The number of benzene rings is 1. The number of amides is 2. The van der Waals surface area contributed by atoms with Crippen molar-refractivity contribution in [3.05, 3.63) is 29.3 Å². The number of nitrogens with one attached hydrogen (secondary N) is 1. The molecule has 146 valence electrons. The van der Waals surface area contributed by atoms with Gasteiger partial charge in [-0.15, -0.1) is 11.8 Å². The number of aliphatic carboxylic acids is 1. The lowest BCUT2D eigenvalue weighted by molar-refractivity contribution is -0.146. The Morgan fingerprint density at radius 1 is 1.19 bits per heavy atom. The van der Waals surface area contributed by atoms with Crippen molar-refractivity contribution in [2.75, 3.05) is 16.9 Å². The summed E-state index contributed by atoms with van der Waals surface area (Å²) in [6, 6.07) is 5.26. The lowest BCUT2D eigenvalue weighted by Gasteiger charge is -2.31. The Kier molecular flexibility index (Phi) is 6.09. The van der Waals surface area contributed by atoms with Crippen molar-refractivity contribution in [1.29, 1.82) is 0 Å². The van der Waals surface area contributed by atoms with E-state index in [1.807, 2.05) is 32.0 Å². The van der Waals surface area contributed by atoms with E-state index in [2.05, 4.69) is 5.32 Å². The molecule has 7 heteroatoms. The first-order chi connectivity index (χ1) is 12.9. The van der Waals surface area contributed by atoms with Crippen molar-refractivity contribution in [3.8, 4) is 0 Å². The van der Waals surface area contributed by atoms with E-state index in [0.29, 0.717) is 30.9 Å². The highest BCUT2D eigenvalue weighted by molar-refractivity contribution is 7.99. The number of thioether (sulfide) groups is 1. The van der Waals surface area contributed by atoms with Crippen LogP contribution in [0.3, 0.4) is 0 Å². The molecular weight excluding hydrogens is 364 g/mol. The molecule has 2 aliphatic rings. The minimum absolute atomic E-state index is 0.0768. The molecule has 1 saturated heterocycles. The van der Waals surface area contributed by atoms with E-state index in [4.69, 9.17) is 0 Å². The molecule has 3 unspecified atom stereocenters. The Morgan fingerprint density at radius 2 is 1.93 bits per heavy atom. The molecular formula is C20H26N2O4S. The van der Waals surface area contributed by atoms with Crippen molar-refractivity contribution >= 4 is 35.2 Å². The van der Waals surface area contributed by atoms with Gasteiger partial charge in [-0.1, -0.05) is 18.6 Å². The van der Waals surface area contributed by atoms with Crippen LogP contribution in [0.25, 0.3) is 0 Å². The number of aryl methyl sites for hydroxylation is 1. The molecule has 3 atom stereocenters. The summed E-state index contributed by atoms with van der Waals surface area (Å²) in [4.78, 5) is 38.8. The highest BCUT2D eigenvalue weighted by Gasteiger charge is 2.40. The predicted octanol–water partition coefficient (Wildman–Crippen LogP) is 3.03. The van der Waals surface area contributed by atoms with E-state index in [0.717, 1.165) is 23.2 Å². The molecule has 0 spiro atoms. The van der Waals surface area contributed by atoms with Crippen LogP contribution in [-0.2, 0) is 14.4 Å². The van der Waals surface area contributed by atoms with Gasteiger partial charge in [0.1, 0.15) is 6.04 Å². The van der Waals surface area contributed by atoms with Crippen molar-refractivity contribution < 1.29 is 19.5 Å². The maximum absolute atomic E-state index is 13.0. The first-order valence-corrected chi connectivity index (χ1v) is 10.5. The third kappa shape index (κ3) is 4.29. The summed E-state index contributed by atoms with van der Waals surface area (Å²) in [5.74, 6) is -0.776. The molecule has 27 heavy (non-hydrogen) atoms. The molecule has 1 aromatic carbocycles. The van der Waals surface area contributed by atoms with Crippen LogP contribution in [0.15, 0.2) is 18.2 Å². The second-order valence-electron chi connectivity index (χ2n) is 7.46. The molecule has 1 saturated carbocycles. The van der Waals surface area contributed by atoms with E-state index in [1.165, 1.54) is 0 Å². The monoisotopic (exact) mass is 390 g/mol. The number of hydrogen-bond donors (Lipinski definition) is 2. The largest absolute Gasteiger partial charge is 0.481 e. The van der Waals surface area contributed by atoms with Gasteiger partial charge in [0.2, 0.25) is 11.8 Å². The third-order valence-corrected chi connectivity index (χ3v) is 6.72. The maximum atomic E-state index is 13.0. The zero-order valence-corrected chi connectivity index (χ0v) is 16.6. The van der Waals surface area contributed by atoms with Gasteiger partial charge < -0.3 is 15.3 Å². The Morgan fingerprint density at radius 3 is 2.67 bits per heavy atom. The van der Waals surface area contributed by atoms with Crippen LogP contribution >= 0.6 is 11.8 Å². The van der Waals surface area contributed by atoms with Gasteiger partial charge in [-0.25, -0.2) is 0 Å². The summed E-state index contributed by atoms with van der Waals surface area (Å²) in [6.45, 7) is 3.96. The van der Waals surface area contributed by atoms with Gasteiger partial charge in [-0.3, -0.25) is 14.4 Å². The van der Waals surface area contributed by atoms with Gasteiger partial charge >= 0.3 is 5.97 Å². The number of rotatable bonds is 4. The fourth-order valence-corrected chi connectivity index (χ4v) is 5.02. The van der Waals surface area contributed by atoms with Crippen molar-refractivity contribution in [3.63, 3.8) is 0 Å². The molecule has 2 fully saturated rings. The molecule has 1 aliphatic heterocycles.